The molecular weight excluding hydrogens is 322 g/mol. The van der Waals surface area contributed by atoms with E-state index < -0.39 is 0 Å². The molecule has 0 fully saturated rings. The number of hydrogen-bond donors (Lipinski definition) is 2. The zero-order valence-electron chi connectivity index (χ0n) is 13.8. The van der Waals surface area contributed by atoms with Gasteiger partial charge in [-0.15, -0.1) is 0 Å². The Morgan fingerprint density at radius 1 is 1.12 bits per heavy atom. The molecule has 0 amide bonds. The van der Waals surface area contributed by atoms with Gasteiger partial charge in [0.15, 0.2) is 16.6 Å². The van der Waals surface area contributed by atoms with Gasteiger partial charge in [0.1, 0.15) is 6.61 Å². The van der Waals surface area contributed by atoms with Crippen molar-refractivity contribution in [3.63, 3.8) is 0 Å². The molecule has 0 bridgehead atoms. The number of hydrogen-bond acceptors (Lipinski definition) is 4. The van der Waals surface area contributed by atoms with Crippen molar-refractivity contribution in [2.75, 3.05) is 13.7 Å². The number of ether oxygens (including phenoxy) is 2. The van der Waals surface area contributed by atoms with E-state index in [9.17, 15) is 0 Å². The van der Waals surface area contributed by atoms with Crippen LogP contribution in [0.1, 0.15) is 18.1 Å². The van der Waals surface area contributed by atoms with Gasteiger partial charge in [-0.1, -0.05) is 30.3 Å². The third-order valence-corrected chi connectivity index (χ3v) is 3.41. The molecule has 0 aliphatic carbocycles. The van der Waals surface area contributed by atoms with Crippen LogP contribution < -0.4 is 20.2 Å². The average Bonchev–Trinajstić information content (AvgIpc) is 2.62. The summed E-state index contributed by atoms with van der Waals surface area (Å²) in [4.78, 5) is 0. The van der Waals surface area contributed by atoms with E-state index in [0.29, 0.717) is 29.8 Å². The molecule has 0 spiro atoms. The van der Waals surface area contributed by atoms with Gasteiger partial charge < -0.3 is 14.8 Å². The molecule has 0 saturated heterocycles. The van der Waals surface area contributed by atoms with E-state index >= 15 is 0 Å². The molecule has 2 rings (SSSR count). The van der Waals surface area contributed by atoms with Crippen molar-refractivity contribution >= 4 is 23.5 Å². The molecule has 2 aromatic carbocycles. The van der Waals surface area contributed by atoms with Crippen molar-refractivity contribution in [1.29, 1.82) is 0 Å². The summed E-state index contributed by atoms with van der Waals surface area (Å²) >= 11 is 4.96. The van der Waals surface area contributed by atoms with Crippen molar-refractivity contribution in [3.8, 4) is 11.5 Å². The Bertz CT molecular complexity index is 690. The summed E-state index contributed by atoms with van der Waals surface area (Å²) in [6.45, 7) is 2.99. The maximum Gasteiger partial charge on any atom is 0.186 e. The molecule has 5 nitrogen and oxygen atoms in total. The van der Waals surface area contributed by atoms with Gasteiger partial charge in [0.25, 0.3) is 0 Å². The Labute approximate surface area is 147 Å². The molecule has 6 heteroatoms. The first-order chi connectivity index (χ1) is 11.7. The van der Waals surface area contributed by atoms with Gasteiger partial charge in [0.05, 0.1) is 12.8 Å². The second kappa shape index (κ2) is 9.52. The van der Waals surface area contributed by atoms with Crippen LogP contribution in [-0.4, -0.2) is 25.0 Å². The number of nitrogens with zero attached hydrogens (tertiary/aromatic N) is 1. The fourth-order valence-electron chi connectivity index (χ4n) is 1.95. The molecule has 0 atom stereocenters. The van der Waals surface area contributed by atoms with Crippen molar-refractivity contribution in [2.45, 2.75) is 13.5 Å². The summed E-state index contributed by atoms with van der Waals surface area (Å²) in [5.74, 6) is 1.39. The summed E-state index contributed by atoms with van der Waals surface area (Å²) in [6.07, 6.45) is 1.67. The van der Waals surface area contributed by atoms with Gasteiger partial charge >= 0.3 is 0 Å². The van der Waals surface area contributed by atoms with Gasteiger partial charge in [-0.05, 0) is 48.5 Å². The summed E-state index contributed by atoms with van der Waals surface area (Å²) in [6, 6.07) is 15.7. The van der Waals surface area contributed by atoms with Crippen LogP contribution in [-0.2, 0) is 6.61 Å². The fraction of sp³-hybridized carbons (Fsp3) is 0.222. The molecular formula is C18H21N3O2S. The largest absolute Gasteiger partial charge is 0.490 e. The second-order valence-corrected chi connectivity index (χ2v) is 5.27. The highest BCUT2D eigenvalue weighted by Crippen LogP contribution is 2.28. The van der Waals surface area contributed by atoms with E-state index in [1.807, 2.05) is 55.5 Å². The highest BCUT2D eigenvalue weighted by atomic mass is 32.1. The maximum absolute atomic E-state index is 5.87. The minimum absolute atomic E-state index is 0.457. The van der Waals surface area contributed by atoms with E-state index in [2.05, 4.69) is 15.8 Å². The molecule has 0 aliphatic rings. The van der Waals surface area contributed by atoms with E-state index in [0.717, 1.165) is 11.1 Å². The van der Waals surface area contributed by atoms with Crippen molar-refractivity contribution in [2.24, 2.45) is 5.10 Å². The average molecular weight is 343 g/mol. The lowest BCUT2D eigenvalue weighted by atomic mass is 10.2. The third-order valence-electron chi connectivity index (χ3n) is 3.11. The molecule has 0 aromatic heterocycles. The van der Waals surface area contributed by atoms with Gasteiger partial charge in [-0.25, -0.2) is 0 Å². The fourth-order valence-corrected chi connectivity index (χ4v) is 2.00. The van der Waals surface area contributed by atoms with Gasteiger partial charge in [0, 0.05) is 7.05 Å². The normalized spacial score (nSPS) is 10.4. The van der Waals surface area contributed by atoms with Crippen LogP contribution in [0.2, 0.25) is 0 Å². The number of nitrogens with one attached hydrogen (secondary N) is 2. The number of thiocarbonyl (C=S) groups is 1. The van der Waals surface area contributed by atoms with E-state index in [1.54, 1.807) is 13.3 Å². The summed E-state index contributed by atoms with van der Waals surface area (Å²) in [5, 5.41) is 7.31. The quantitative estimate of drug-likeness (QED) is 0.460. The predicted molar refractivity (Wildman–Crippen MR) is 101 cm³/mol. The van der Waals surface area contributed by atoms with Gasteiger partial charge in [-0.3, -0.25) is 5.43 Å². The van der Waals surface area contributed by atoms with E-state index in [-0.39, 0.29) is 0 Å². The molecule has 24 heavy (non-hydrogen) atoms. The van der Waals surface area contributed by atoms with Crippen LogP contribution in [0, 0.1) is 0 Å². The number of hydrazone groups is 1. The second-order valence-electron chi connectivity index (χ2n) is 4.86. The highest BCUT2D eigenvalue weighted by molar-refractivity contribution is 7.80. The molecule has 2 N–H and O–H groups in total. The zero-order valence-corrected chi connectivity index (χ0v) is 14.6. The van der Waals surface area contributed by atoms with E-state index in [4.69, 9.17) is 21.7 Å². The predicted octanol–water partition coefficient (Wildman–Crippen LogP) is 3.09. The van der Waals surface area contributed by atoms with E-state index in [1.165, 1.54) is 0 Å². The van der Waals surface area contributed by atoms with Gasteiger partial charge in [0.2, 0.25) is 0 Å². The van der Waals surface area contributed by atoms with Crippen LogP contribution in [0.15, 0.2) is 53.6 Å². The Morgan fingerprint density at radius 2 is 1.92 bits per heavy atom. The summed E-state index contributed by atoms with van der Waals surface area (Å²) in [7, 11) is 1.73. The smallest absolute Gasteiger partial charge is 0.186 e. The first-order valence-electron chi connectivity index (χ1n) is 7.67. The monoisotopic (exact) mass is 343 g/mol. The van der Waals surface area contributed by atoms with Crippen molar-refractivity contribution in [3.05, 3.63) is 59.7 Å². The molecule has 126 valence electrons. The maximum atomic E-state index is 5.87. The first-order valence-corrected chi connectivity index (χ1v) is 8.08. The lowest BCUT2D eigenvalue weighted by Crippen LogP contribution is -2.28. The van der Waals surface area contributed by atoms with Crippen molar-refractivity contribution in [1.82, 2.24) is 10.7 Å². The number of benzene rings is 2. The summed E-state index contributed by atoms with van der Waals surface area (Å²) in [5.41, 5.74) is 4.70. The van der Waals surface area contributed by atoms with Crippen molar-refractivity contribution < 1.29 is 9.47 Å². The lowest BCUT2D eigenvalue weighted by molar-refractivity contribution is 0.269. The summed E-state index contributed by atoms with van der Waals surface area (Å²) < 4.78 is 11.5. The molecule has 0 aliphatic heterocycles. The molecule has 2 aromatic rings. The van der Waals surface area contributed by atoms with Crippen LogP contribution in [0.5, 0.6) is 11.5 Å². The molecule has 0 saturated carbocycles. The Balaban J connectivity index is 2.06. The Hall–Kier alpha value is -2.60. The van der Waals surface area contributed by atoms with Crippen LogP contribution in [0.25, 0.3) is 0 Å². The number of rotatable bonds is 7. The third kappa shape index (κ3) is 5.55. The minimum Gasteiger partial charge on any atom is -0.490 e. The minimum atomic E-state index is 0.457. The highest BCUT2D eigenvalue weighted by Gasteiger charge is 2.06. The standard InChI is InChI=1S/C18H21N3O2S/c1-3-22-17-11-15(12-20-21-18(24)19-2)9-10-16(17)23-13-14-7-5-4-6-8-14/h4-12H,3,13H2,1-2H3,(H2,19,21,24)/b20-12-. The Kier molecular flexibility index (Phi) is 7.04. The molecule has 0 unspecified atom stereocenters. The lowest BCUT2D eigenvalue weighted by Gasteiger charge is -2.12. The first kappa shape index (κ1) is 17.7. The topological polar surface area (TPSA) is 54.9 Å². The SMILES string of the molecule is CCOc1cc(/C=N\NC(=S)NC)ccc1OCc1ccccc1. The molecule has 0 radical (unpaired) electrons. The zero-order chi connectivity index (χ0) is 17.2. The Morgan fingerprint density at radius 3 is 2.62 bits per heavy atom. The van der Waals surface area contributed by atoms with Crippen LogP contribution >= 0.6 is 12.2 Å². The van der Waals surface area contributed by atoms with Gasteiger partial charge in [-0.2, -0.15) is 5.10 Å². The van der Waals surface area contributed by atoms with Crippen LogP contribution in [0.3, 0.4) is 0 Å². The molecule has 0 heterocycles. The van der Waals surface area contributed by atoms with Crippen LogP contribution in [0.4, 0.5) is 0 Å².